The summed E-state index contributed by atoms with van der Waals surface area (Å²) in [7, 11) is 3.58. The zero-order valence-corrected chi connectivity index (χ0v) is 10.2. The normalized spacial score (nSPS) is 10.1. The van der Waals surface area contributed by atoms with Gasteiger partial charge in [0.1, 0.15) is 0 Å². The van der Waals surface area contributed by atoms with Crippen LogP contribution in [0.1, 0.15) is 5.56 Å². The number of nitrogens with zero attached hydrogens (tertiary/aromatic N) is 3. The van der Waals surface area contributed by atoms with Crippen LogP contribution in [0.4, 0.5) is 11.9 Å². The van der Waals surface area contributed by atoms with Crippen molar-refractivity contribution in [2.24, 2.45) is 0 Å². The smallest absolute Gasteiger partial charge is 0.227 e. The van der Waals surface area contributed by atoms with Crippen molar-refractivity contribution >= 4 is 11.9 Å². The van der Waals surface area contributed by atoms with Gasteiger partial charge < -0.3 is 10.6 Å². The molecule has 0 saturated heterocycles. The molecule has 0 aliphatic rings. The van der Waals surface area contributed by atoms with Gasteiger partial charge in [-0.15, -0.1) is 0 Å². The number of benzene rings is 1. The van der Waals surface area contributed by atoms with Gasteiger partial charge in [-0.2, -0.15) is 15.0 Å². The first-order chi connectivity index (χ1) is 8.24. The van der Waals surface area contributed by atoms with Crippen molar-refractivity contribution in [2.45, 2.75) is 6.92 Å². The molecule has 17 heavy (non-hydrogen) atoms. The van der Waals surface area contributed by atoms with E-state index in [0.717, 1.165) is 11.1 Å². The third-order valence-corrected chi connectivity index (χ3v) is 2.47. The van der Waals surface area contributed by atoms with Crippen molar-refractivity contribution < 1.29 is 0 Å². The summed E-state index contributed by atoms with van der Waals surface area (Å²) in [6, 6.07) is 8.02. The van der Waals surface area contributed by atoms with Crippen LogP contribution in [0.5, 0.6) is 0 Å². The summed E-state index contributed by atoms with van der Waals surface area (Å²) in [5.74, 6) is 1.79. The van der Waals surface area contributed by atoms with E-state index < -0.39 is 0 Å². The average molecular weight is 229 g/mol. The number of aryl methyl sites for hydroxylation is 1. The van der Waals surface area contributed by atoms with Gasteiger partial charge in [0.15, 0.2) is 5.82 Å². The van der Waals surface area contributed by atoms with Crippen molar-refractivity contribution in [3.63, 3.8) is 0 Å². The van der Waals surface area contributed by atoms with Gasteiger partial charge in [0, 0.05) is 19.7 Å². The molecule has 0 radical (unpaired) electrons. The van der Waals surface area contributed by atoms with Crippen LogP contribution in [0, 0.1) is 6.92 Å². The maximum Gasteiger partial charge on any atom is 0.227 e. The molecule has 0 amide bonds. The topological polar surface area (TPSA) is 62.7 Å². The van der Waals surface area contributed by atoms with Crippen molar-refractivity contribution in [1.29, 1.82) is 0 Å². The highest BCUT2D eigenvalue weighted by atomic mass is 15.2. The second kappa shape index (κ2) is 4.78. The molecule has 2 aromatic rings. The molecule has 1 aromatic heterocycles. The van der Waals surface area contributed by atoms with Crippen LogP contribution < -0.4 is 10.6 Å². The van der Waals surface area contributed by atoms with Gasteiger partial charge in [0.25, 0.3) is 0 Å². The van der Waals surface area contributed by atoms with E-state index in [2.05, 4.69) is 25.6 Å². The summed E-state index contributed by atoms with van der Waals surface area (Å²) in [6.07, 6.45) is 0. The fraction of sp³-hybridized carbons (Fsp3) is 0.250. The molecular weight excluding hydrogens is 214 g/mol. The fourth-order valence-electron chi connectivity index (χ4n) is 1.54. The van der Waals surface area contributed by atoms with E-state index in [0.29, 0.717) is 17.7 Å². The van der Waals surface area contributed by atoms with E-state index in [1.54, 1.807) is 14.1 Å². The van der Waals surface area contributed by atoms with E-state index in [1.165, 1.54) is 0 Å². The number of anilines is 2. The molecule has 5 nitrogen and oxygen atoms in total. The van der Waals surface area contributed by atoms with Crippen molar-refractivity contribution in [3.8, 4) is 11.4 Å². The highest BCUT2D eigenvalue weighted by Gasteiger charge is 2.08. The van der Waals surface area contributed by atoms with Gasteiger partial charge in [0.05, 0.1) is 0 Å². The number of hydrogen-bond donors (Lipinski definition) is 2. The average Bonchev–Trinajstić information content (AvgIpc) is 2.38. The predicted octanol–water partition coefficient (Wildman–Crippen LogP) is 1.93. The van der Waals surface area contributed by atoms with E-state index in [9.17, 15) is 0 Å². The van der Waals surface area contributed by atoms with E-state index in [4.69, 9.17) is 0 Å². The molecule has 2 rings (SSSR count). The van der Waals surface area contributed by atoms with Crippen LogP contribution in [0.15, 0.2) is 24.3 Å². The highest BCUT2D eigenvalue weighted by Crippen LogP contribution is 2.21. The van der Waals surface area contributed by atoms with Gasteiger partial charge in [-0.25, -0.2) is 0 Å². The molecule has 0 aliphatic heterocycles. The molecule has 5 heteroatoms. The predicted molar refractivity (Wildman–Crippen MR) is 69.1 cm³/mol. The monoisotopic (exact) mass is 229 g/mol. The lowest BCUT2D eigenvalue weighted by Gasteiger charge is -2.07. The lowest BCUT2D eigenvalue weighted by Crippen LogP contribution is -2.05. The third-order valence-electron chi connectivity index (χ3n) is 2.47. The Bertz CT molecular complexity index is 502. The first-order valence-electron chi connectivity index (χ1n) is 5.42. The maximum atomic E-state index is 4.36. The Morgan fingerprint density at radius 1 is 0.882 bits per heavy atom. The Kier molecular flexibility index (Phi) is 3.18. The van der Waals surface area contributed by atoms with Crippen LogP contribution in [-0.2, 0) is 0 Å². The Morgan fingerprint density at radius 2 is 1.47 bits per heavy atom. The van der Waals surface area contributed by atoms with Gasteiger partial charge in [-0.05, 0) is 12.5 Å². The molecule has 1 aromatic carbocycles. The lowest BCUT2D eigenvalue weighted by atomic mass is 10.1. The first-order valence-corrected chi connectivity index (χ1v) is 5.42. The zero-order chi connectivity index (χ0) is 12.3. The molecule has 0 atom stereocenters. The summed E-state index contributed by atoms with van der Waals surface area (Å²) in [5, 5.41) is 5.86. The van der Waals surface area contributed by atoms with Crippen LogP contribution in [0.25, 0.3) is 11.4 Å². The molecule has 0 bridgehead atoms. The van der Waals surface area contributed by atoms with Crippen molar-refractivity contribution in [2.75, 3.05) is 24.7 Å². The fourth-order valence-corrected chi connectivity index (χ4v) is 1.54. The molecule has 0 fully saturated rings. The van der Waals surface area contributed by atoms with Crippen LogP contribution in [-0.4, -0.2) is 29.0 Å². The maximum absolute atomic E-state index is 4.36. The molecule has 88 valence electrons. The summed E-state index contributed by atoms with van der Waals surface area (Å²) >= 11 is 0. The summed E-state index contributed by atoms with van der Waals surface area (Å²) < 4.78 is 0. The number of nitrogens with one attached hydrogen (secondary N) is 2. The van der Waals surface area contributed by atoms with Gasteiger partial charge >= 0.3 is 0 Å². The minimum Gasteiger partial charge on any atom is -0.357 e. The second-order valence-electron chi connectivity index (χ2n) is 3.62. The van der Waals surface area contributed by atoms with Crippen LogP contribution in [0.3, 0.4) is 0 Å². The Morgan fingerprint density at radius 3 is 2.00 bits per heavy atom. The molecule has 0 spiro atoms. The molecule has 0 aliphatic carbocycles. The second-order valence-corrected chi connectivity index (χ2v) is 3.62. The molecule has 1 heterocycles. The van der Waals surface area contributed by atoms with Crippen LogP contribution in [0.2, 0.25) is 0 Å². The Hall–Kier alpha value is -2.17. The minimum atomic E-state index is 0.558. The summed E-state index contributed by atoms with van der Waals surface area (Å²) in [4.78, 5) is 12.9. The van der Waals surface area contributed by atoms with Crippen LogP contribution >= 0.6 is 0 Å². The van der Waals surface area contributed by atoms with E-state index >= 15 is 0 Å². The van der Waals surface area contributed by atoms with E-state index in [-0.39, 0.29) is 0 Å². The number of rotatable bonds is 3. The summed E-state index contributed by atoms with van der Waals surface area (Å²) in [6.45, 7) is 2.04. The number of hydrogen-bond acceptors (Lipinski definition) is 5. The molecule has 2 N–H and O–H groups in total. The van der Waals surface area contributed by atoms with E-state index in [1.807, 2.05) is 31.2 Å². The molecule has 0 unspecified atom stereocenters. The zero-order valence-electron chi connectivity index (χ0n) is 10.2. The highest BCUT2D eigenvalue weighted by molar-refractivity contribution is 5.61. The van der Waals surface area contributed by atoms with Gasteiger partial charge in [0.2, 0.25) is 11.9 Å². The third kappa shape index (κ3) is 2.33. The van der Waals surface area contributed by atoms with Crippen molar-refractivity contribution in [3.05, 3.63) is 29.8 Å². The number of aromatic nitrogens is 3. The Balaban J connectivity index is 2.55. The SMILES string of the molecule is CNc1nc(NC)nc(-c2ccccc2C)n1. The Labute approximate surface area is 100 Å². The lowest BCUT2D eigenvalue weighted by molar-refractivity contribution is 1.05. The van der Waals surface area contributed by atoms with Gasteiger partial charge in [-0.1, -0.05) is 24.3 Å². The van der Waals surface area contributed by atoms with Crippen molar-refractivity contribution in [1.82, 2.24) is 15.0 Å². The largest absolute Gasteiger partial charge is 0.357 e. The quantitative estimate of drug-likeness (QED) is 0.842. The summed E-state index contributed by atoms with van der Waals surface area (Å²) in [5.41, 5.74) is 2.16. The molecule has 0 saturated carbocycles. The standard InChI is InChI=1S/C12H15N5/c1-8-6-4-5-7-9(8)10-15-11(13-2)17-12(14-3)16-10/h4-7H,1-3H3,(H2,13,14,15,16,17). The minimum absolute atomic E-state index is 0.558. The first kappa shape index (κ1) is 11.3. The molecular formula is C12H15N5. The van der Waals surface area contributed by atoms with Gasteiger partial charge in [-0.3, -0.25) is 0 Å².